The molecule has 3 rings (SSSR count). The van der Waals surface area contributed by atoms with Gasteiger partial charge in [0, 0.05) is 24.7 Å². The monoisotopic (exact) mass is 339 g/mol. The lowest BCUT2D eigenvalue weighted by Gasteiger charge is -2.32. The molecule has 1 aliphatic rings. The van der Waals surface area contributed by atoms with Gasteiger partial charge in [-0.25, -0.2) is 8.42 Å². The molecule has 2 aromatic rings. The van der Waals surface area contributed by atoms with Crippen LogP contribution >= 0.6 is 11.6 Å². The van der Waals surface area contributed by atoms with Crippen LogP contribution in [-0.4, -0.2) is 36.0 Å². The predicted molar refractivity (Wildman–Crippen MR) is 85.5 cm³/mol. The van der Waals surface area contributed by atoms with Gasteiger partial charge >= 0.3 is 0 Å². The molecule has 1 aromatic carbocycles. The molecule has 0 bridgehead atoms. The third-order valence-corrected chi connectivity index (χ3v) is 6.48. The Hall–Kier alpha value is -1.37. The van der Waals surface area contributed by atoms with E-state index in [9.17, 15) is 8.42 Å². The number of nitrogens with zero attached hydrogens (tertiary/aromatic N) is 2. The first-order valence-corrected chi connectivity index (χ1v) is 9.06. The van der Waals surface area contributed by atoms with Crippen LogP contribution in [0.25, 0.3) is 0 Å². The summed E-state index contributed by atoms with van der Waals surface area (Å²) in [5, 5.41) is 7.31. The lowest BCUT2D eigenvalue weighted by Crippen LogP contribution is -2.39. The summed E-state index contributed by atoms with van der Waals surface area (Å²) in [6.45, 7) is 2.97. The van der Waals surface area contributed by atoms with Crippen molar-refractivity contribution < 1.29 is 8.42 Å². The van der Waals surface area contributed by atoms with E-state index in [-0.39, 0.29) is 15.8 Å². The zero-order valence-corrected chi connectivity index (χ0v) is 13.9. The normalized spacial score (nSPS) is 20.2. The van der Waals surface area contributed by atoms with Crippen molar-refractivity contribution in [2.45, 2.75) is 30.6 Å². The molecule has 0 radical (unpaired) electrons. The van der Waals surface area contributed by atoms with E-state index in [2.05, 4.69) is 10.2 Å². The highest BCUT2D eigenvalue weighted by Gasteiger charge is 2.32. The summed E-state index contributed by atoms with van der Waals surface area (Å²) in [6, 6.07) is 6.59. The first-order chi connectivity index (χ1) is 10.5. The number of piperidine rings is 1. The number of hydrogen-bond acceptors (Lipinski definition) is 3. The number of aromatic nitrogens is 2. The molecule has 1 atom stereocenters. The van der Waals surface area contributed by atoms with Crippen LogP contribution in [0, 0.1) is 6.92 Å². The smallest absolute Gasteiger partial charge is 0.244 e. The van der Waals surface area contributed by atoms with Crippen LogP contribution in [0.2, 0.25) is 5.02 Å². The second kappa shape index (κ2) is 6.02. The summed E-state index contributed by atoms with van der Waals surface area (Å²) in [4.78, 5) is 0.179. The molecule has 1 aromatic heterocycles. The number of sulfonamides is 1. The second-order valence-corrected chi connectivity index (χ2v) is 7.91. The Kier molecular flexibility index (Phi) is 4.25. The third-order valence-electron chi connectivity index (χ3n) is 4.11. The van der Waals surface area contributed by atoms with E-state index in [0.717, 1.165) is 24.1 Å². The fourth-order valence-corrected chi connectivity index (χ4v) is 4.98. The minimum Gasteiger partial charge on any atom is -0.282 e. The molecular formula is C15H18ClN3O2S. The molecule has 0 unspecified atom stereocenters. The van der Waals surface area contributed by atoms with Gasteiger partial charge in [0.25, 0.3) is 0 Å². The van der Waals surface area contributed by atoms with Gasteiger partial charge < -0.3 is 0 Å². The maximum absolute atomic E-state index is 12.8. The van der Waals surface area contributed by atoms with Gasteiger partial charge in [-0.2, -0.15) is 9.40 Å². The van der Waals surface area contributed by atoms with E-state index in [1.165, 1.54) is 4.31 Å². The number of aromatic amines is 1. The molecule has 0 amide bonds. The van der Waals surface area contributed by atoms with Crippen LogP contribution in [0.4, 0.5) is 0 Å². The van der Waals surface area contributed by atoms with Crippen LogP contribution in [-0.2, 0) is 10.0 Å². The quantitative estimate of drug-likeness (QED) is 0.935. The van der Waals surface area contributed by atoms with E-state index >= 15 is 0 Å². The van der Waals surface area contributed by atoms with Gasteiger partial charge in [0.1, 0.15) is 4.90 Å². The molecule has 1 saturated heterocycles. The van der Waals surface area contributed by atoms with E-state index < -0.39 is 10.0 Å². The van der Waals surface area contributed by atoms with E-state index in [0.29, 0.717) is 13.1 Å². The molecule has 1 N–H and O–H groups in total. The fourth-order valence-electron chi connectivity index (χ4n) is 2.96. The molecule has 0 saturated carbocycles. The van der Waals surface area contributed by atoms with Crippen LogP contribution in [0.1, 0.15) is 30.0 Å². The summed E-state index contributed by atoms with van der Waals surface area (Å²) in [6.07, 6.45) is 3.56. The van der Waals surface area contributed by atoms with Crippen molar-refractivity contribution in [2.24, 2.45) is 0 Å². The van der Waals surface area contributed by atoms with Crippen molar-refractivity contribution in [3.8, 4) is 0 Å². The molecule has 5 nitrogen and oxygen atoms in total. The Morgan fingerprint density at radius 1 is 1.36 bits per heavy atom. The summed E-state index contributed by atoms with van der Waals surface area (Å²) in [5.41, 5.74) is 2.10. The standard InChI is InChI=1S/C15H18ClN3O2S/c1-11-9-17-18-15(11)12-5-4-8-19(10-12)22(20,21)14-7-3-2-6-13(14)16/h2-3,6-7,9,12H,4-5,8,10H2,1H3,(H,17,18)/t12-/m0/s1. The Bertz CT molecular complexity index is 773. The number of benzene rings is 1. The van der Waals surface area contributed by atoms with Crippen LogP contribution in [0.5, 0.6) is 0 Å². The lowest BCUT2D eigenvalue weighted by atomic mass is 9.94. The molecule has 0 aliphatic carbocycles. The molecular weight excluding hydrogens is 322 g/mol. The van der Waals surface area contributed by atoms with Crippen LogP contribution in [0.15, 0.2) is 35.4 Å². The zero-order valence-electron chi connectivity index (χ0n) is 12.3. The van der Waals surface area contributed by atoms with Gasteiger partial charge in [-0.15, -0.1) is 0 Å². The van der Waals surface area contributed by atoms with E-state index in [4.69, 9.17) is 11.6 Å². The van der Waals surface area contributed by atoms with Crippen LogP contribution < -0.4 is 0 Å². The van der Waals surface area contributed by atoms with Gasteiger partial charge in [0.15, 0.2) is 0 Å². The molecule has 0 spiro atoms. The Morgan fingerprint density at radius 2 is 2.14 bits per heavy atom. The number of nitrogens with one attached hydrogen (secondary N) is 1. The van der Waals surface area contributed by atoms with E-state index in [1.807, 2.05) is 6.92 Å². The number of halogens is 1. The highest BCUT2D eigenvalue weighted by atomic mass is 35.5. The molecule has 7 heteroatoms. The average Bonchev–Trinajstić information content (AvgIpc) is 2.94. The van der Waals surface area contributed by atoms with Crippen LogP contribution in [0.3, 0.4) is 0 Å². The van der Waals surface area contributed by atoms with Gasteiger partial charge in [0.05, 0.1) is 11.2 Å². The van der Waals surface area contributed by atoms with Crippen molar-refractivity contribution in [1.29, 1.82) is 0 Å². The van der Waals surface area contributed by atoms with Gasteiger partial charge in [-0.1, -0.05) is 23.7 Å². The van der Waals surface area contributed by atoms with Crippen molar-refractivity contribution >= 4 is 21.6 Å². The van der Waals surface area contributed by atoms with Crippen molar-refractivity contribution in [3.05, 3.63) is 46.7 Å². The minimum absolute atomic E-state index is 0.147. The van der Waals surface area contributed by atoms with Crippen molar-refractivity contribution in [2.75, 3.05) is 13.1 Å². The Balaban J connectivity index is 1.89. The number of hydrogen-bond donors (Lipinski definition) is 1. The first-order valence-electron chi connectivity index (χ1n) is 7.24. The van der Waals surface area contributed by atoms with Gasteiger partial charge in [-0.05, 0) is 37.5 Å². The Labute approximate surface area is 135 Å². The molecule has 118 valence electrons. The van der Waals surface area contributed by atoms with Crippen molar-refractivity contribution in [1.82, 2.24) is 14.5 Å². The first kappa shape index (κ1) is 15.5. The largest absolute Gasteiger partial charge is 0.282 e. The summed E-state index contributed by atoms with van der Waals surface area (Å²) in [5.74, 6) is 0.147. The van der Waals surface area contributed by atoms with Gasteiger partial charge in [0.2, 0.25) is 10.0 Å². The highest BCUT2D eigenvalue weighted by molar-refractivity contribution is 7.89. The predicted octanol–water partition coefficient (Wildman–Crippen LogP) is 2.94. The van der Waals surface area contributed by atoms with Crippen molar-refractivity contribution in [3.63, 3.8) is 0 Å². The second-order valence-electron chi connectivity index (χ2n) is 5.60. The fraction of sp³-hybridized carbons (Fsp3) is 0.400. The molecule has 1 aliphatic heterocycles. The third kappa shape index (κ3) is 2.78. The van der Waals surface area contributed by atoms with Gasteiger partial charge in [-0.3, -0.25) is 5.10 Å². The average molecular weight is 340 g/mol. The van der Waals surface area contributed by atoms with E-state index in [1.54, 1.807) is 30.5 Å². The number of aryl methyl sites for hydroxylation is 1. The SMILES string of the molecule is Cc1cn[nH]c1[C@H]1CCCN(S(=O)(=O)c2ccccc2Cl)C1. The minimum atomic E-state index is -3.56. The molecule has 1 fully saturated rings. The summed E-state index contributed by atoms with van der Waals surface area (Å²) in [7, 11) is -3.56. The maximum atomic E-state index is 12.8. The lowest BCUT2D eigenvalue weighted by molar-refractivity contribution is 0.312. The topological polar surface area (TPSA) is 66.1 Å². The highest BCUT2D eigenvalue weighted by Crippen LogP contribution is 2.32. The molecule has 22 heavy (non-hydrogen) atoms. The zero-order chi connectivity index (χ0) is 15.7. The summed E-state index contributed by atoms with van der Waals surface area (Å²) < 4.78 is 27.2. The molecule has 2 heterocycles. The Morgan fingerprint density at radius 3 is 2.82 bits per heavy atom. The summed E-state index contributed by atoms with van der Waals surface area (Å²) >= 11 is 6.07. The maximum Gasteiger partial charge on any atom is 0.244 e. The number of H-pyrrole nitrogens is 1. The number of rotatable bonds is 3.